The van der Waals surface area contributed by atoms with E-state index in [1.165, 1.54) is 4.90 Å². The summed E-state index contributed by atoms with van der Waals surface area (Å²) in [4.78, 5) is 28.7. The highest BCUT2D eigenvalue weighted by atomic mass is 16.2. The van der Waals surface area contributed by atoms with Crippen molar-refractivity contribution in [1.82, 2.24) is 9.88 Å². The quantitative estimate of drug-likeness (QED) is 0.645. The van der Waals surface area contributed by atoms with Crippen molar-refractivity contribution >= 4 is 11.8 Å². The molecule has 1 saturated heterocycles. The molecule has 0 aliphatic carbocycles. The second-order valence-corrected chi connectivity index (χ2v) is 3.59. The Labute approximate surface area is 87.9 Å². The Morgan fingerprint density at radius 1 is 1.53 bits per heavy atom. The number of nitrogens with zero attached hydrogens (tertiary/aromatic N) is 2. The Morgan fingerprint density at radius 2 is 2.33 bits per heavy atom. The van der Waals surface area contributed by atoms with Gasteiger partial charge in [0.1, 0.15) is 0 Å². The summed E-state index contributed by atoms with van der Waals surface area (Å²) in [5.74, 6) is -0.300. The van der Waals surface area contributed by atoms with E-state index in [-0.39, 0.29) is 11.8 Å². The molecular formula is C11H12N2O2. The molecule has 0 spiro atoms. The predicted octanol–water partition coefficient (Wildman–Crippen LogP) is 1.15. The van der Waals surface area contributed by atoms with Crippen molar-refractivity contribution in [2.24, 2.45) is 0 Å². The van der Waals surface area contributed by atoms with E-state index >= 15 is 0 Å². The van der Waals surface area contributed by atoms with Crippen molar-refractivity contribution in [3.05, 3.63) is 29.6 Å². The van der Waals surface area contributed by atoms with Gasteiger partial charge in [-0.1, -0.05) is 0 Å². The van der Waals surface area contributed by atoms with Crippen LogP contribution in [-0.4, -0.2) is 28.2 Å². The first-order chi connectivity index (χ1) is 7.20. The van der Waals surface area contributed by atoms with Gasteiger partial charge in [0.15, 0.2) is 0 Å². The maximum Gasteiger partial charge on any atom is 0.262 e. The van der Waals surface area contributed by atoms with Crippen LogP contribution in [0.1, 0.15) is 28.9 Å². The predicted molar refractivity (Wildman–Crippen MR) is 54.3 cm³/mol. The van der Waals surface area contributed by atoms with E-state index in [0.717, 1.165) is 6.42 Å². The number of aryl methyl sites for hydroxylation is 1. The number of pyridine rings is 1. The molecule has 2 heterocycles. The minimum Gasteiger partial charge on any atom is -0.278 e. The Bertz CT molecular complexity index is 415. The SMILES string of the molecule is Cc1ncccc1C(=O)N1CCCC1=O. The molecule has 4 nitrogen and oxygen atoms in total. The van der Waals surface area contributed by atoms with E-state index in [1.54, 1.807) is 25.3 Å². The fourth-order valence-electron chi connectivity index (χ4n) is 1.72. The molecule has 0 atom stereocenters. The fourth-order valence-corrected chi connectivity index (χ4v) is 1.72. The molecule has 0 saturated carbocycles. The van der Waals surface area contributed by atoms with Gasteiger partial charge in [0.05, 0.1) is 5.56 Å². The molecule has 0 unspecified atom stereocenters. The van der Waals surface area contributed by atoms with Crippen molar-refractivity contribution in [3.63, 3.8) is 0 Å². The van der Waals surface area contributed by atoms with Crippen LogP contribution in [0, 0.1) is 6.92 Å². The average Bonchev–Trinajstić information content (AvgIpc) is 2.64. The lowest BCUT2D eigenvalue weighted by atomic mass is 10.2. The number of hydrogen-bond acceptors (Lipinski definition) is 3. The molecule has 0 radical (unpaired) electrons. The van der Waals surface area contributed by atoms with Crippen LogP contribution >= 0.6 is 0 Å². The summed E-state index contributed by atoms with van der Waals surface area (Å²) >= 11 is 0. The molecular weight excluding hydrogens is 192 g/mol. The summed E-state index contributed by atoms with van der Waals surface area (Å²) < 4.78 is 0. The second kappa shape index (κ2) is 3.81. The summed E-state index contributed by atoms with van der Waals surface area (Å²) in [6.45, 7) is 2.31. The van der Waals surface area contributed by atoms with Crippen molar-refractivity contribution in [1.29, 1.82) is 0 Å². The Kier molecular flexibility index (Phi) is 2.49. The van der Waals surface area contributed by atoms with E-state index in [2.05, 4.69) is 4.98 Å². The van der Waals surface area contributed by atoms with E-state index in [4.69, 9.17) is 0 Å². The third kappa shape index (κ3) is 1.75. The summed E-state index contributed by atoms with van der Waals surface area (Å²) in [6.07, 6.45) is 2.88. The van der Waals surface area contributed by atoms with Crippen molar-refractivity contribution < 1.29 is 9.59 Å². The summed E-state index contributed by atoms with van der Waals surface area (Å²) in [5, 5.41) is 0. The molecule has 1 aromatic rings. The molecule has 1 aliphatic heterocycles. The van der Waals surface area contributed by atoms with Gasteiger partial charge in [0, 0.05) is 24.9 Å². The van der Waals surface area contributed by atoms with Crippen LogP contribution in [0.5, 0.6) is 0 Å². The zero-order chi connectivity index (χ0) is 10.8. The molecule has 1 fully saturated rings. The van der Waals surface area contributed by atoms with Gasteiger partial charge in [-0.2, -0.15) is 0 Å². The Balaban J connectivity index is 2.28. The van der Waals surface area contributed by atoms with Gasteiger partial charge in [-0.25, -0.2) is 0 Å². The van der Waals surface area contributed by atoms with Gasteiger partial charge < -0.3 is 0 Å². The number of hydrogen-bond donors (Lipinski definition) is 0. The molecule has 15 heavy (non-hydrogen) atoms. The maximum atomic E-state index is 11.9. The topological polar surface area (TPSA) is 50.3 Å². The minimum absolute atomic E-state index is 0.0803. The number of likely N-dealkylation sites (tertiary alicyclic amines) is 1. The highest BCUT2D eigenvalue weighted by molar-refractivity contribution is 6.06. The molecule has 4 heteroatoms. The monoisotopic (exact) mass is 204 g/mol. The van der Waals surface area contributed by atoms with Crippen LogP contribution < -0.4 is 0 Å². The third-order valence-corrected chi connectivity index (χ3v) is 2.56. The Hall–Kier alpha value is -1.71. The number of carbonyl (C=O) groups excluding carboxylic acids is 2. The molecule has 2 amide bonds. The van der Waals surface area contributed by atoms with Crippen LogP contribution in [0.4, 0.5) is 0 Å². The number of imide groups is 1. The van der Waals surface area contributed by atoms with Crippen LogP contribution in [-0.2, 0) is 4.79 Å². The summed E-state index contributed by atoms with van der Waals surface area (Å²) in [7, 11) is 0. The summed E-state index contributed by atoms with van der Waals surface area (Å²) in [6, 6.07) is 3.41. The van der Waals surface area contributed by atoms with Crippen molar-refractivity contribution in [2.45, 2.75) is 19.8 Å². The van der Waals surface area contributed by atoms with Gasteiger partial charge >= 0.3 is 0 Å². The lowest BCUT2D eigenvalue weighted by Gasteiger charge is -2.14. The number of aromatic nitrogens is 1. The highest BCUT2D eigenvalue weighted by Crippen LogP contribution is 2.15. The lowest BCUT2D eigenvalue weighted by Crippen LogP contribution is -2.32. The highest BCUT2D eigenvalue weighted by Gasteiger charge is 2.28. The van der Waals surface area contributed by atoms with Gasteiger partial charge in [-0.05, 0) is 25.5 Å². The molecule has 0 aromatic carbocycles. The smallest absolute Gasteiger partial charge is 0.262 e. The van der Waals surface area contributed by atoms with E-state index in [9.17, 15) is 9.59 Å². The number of rotatable bonds is 1. The molecule has 78 valence electrons. The molecule has 1 aliphatic rings. The molecule has 2 rings (SSSR count). The molecule has 0 N–H and O–H groups in total. The zero-order valence-corrected chi connectivity index (χ0v) is 8.56. The molecule has 0 bridgehead atoms. The van der Waals surface area contributed by atoms with E-state index in [1.807, 2.05) is 0 Å². The third-order valence-electron chi connectivity index (χ3n) is 2.56. The second-order valence-electron chi connectivity index (χ2n) is 3.59. The zero-order valence-electron chi connectivity index (χ0n) is 8.56. The number of amides is 2. The van der Waals surface area contributed by atoms with E-state index in [0.29, 0.717) is 24.2 Å². The average molecular weight is 204 g/mol. The minimum atomic E-state index is -0.219. The van der Waals surface area contributed by atoms with Crippen LogP contribution in [0.2, 0.25) is 0 Å². The first kappa shape index (κ1) is 9.83. The van der Waals surface area contributed by atoms with E-state index < -0.39 is 0 Å². The first-order valence-corrected chi connectivity index (χ1v) is 4.96. The van der Waals surface area contributed by atoms with Gasteiger partial charge in [-0.3, -0.25) is 19.5 Å². The number of carbonyl (C=O) groups is 2. The lowest BCUT2D eigenvalue weighted by molar-refractivity contribution is -0.125. The van der Waals surface area contributed by atoms with Gasteiger partial charge in [-0.15, -0.1) is 0 Å². The molecule has 1 aromatic heterocycles. The Morgan fingerprint density at radius 3 is 2.93 bits per heavy atom. The normalized spacial score (nSPS) is 15.8. The van der Waals surface area contributed by atoms with Crippen LogP contribution in [0.15, 0.2) is 18.3 Å². The van der Waals surface area contributed by atoms with Gasteiger partial charge in [0.2, 0.25) is 5.91 Å². The van der Waals surface area contributed by atoms with Crippen molar-refractivity contribution in [3.8, 4) is 0 Å². The summed E-state index contributed by atoms with van der Waals surface area (Å²) in [5.41, 5.74) is 1.19. The standard InChI is InChI=1S/C11H12N2O2/c1-8-9(4-2-6-12-8)11(15)13-7-3-5-10(13)14/h2,4,6H,3,5,7H2,1H3. The largest absolute Gasteiger partial charge is 0.278 e. The van der Waals surface area contributed by atoms with Crippen LogP contribution in [0.25, 0.3) is 0 Å². The maximum absolute atomic E-state index is 11.9. The first-order valence-electron chi connectivity index (χ1n) is 4.96. The fraction of sp³-hybridized carbons (Fsp3) is 0.364. The van der Waals surface area contributed by atoms with Gasteiger partial charge in [0.25, 0.3) is 5.91 Å². The van der Waals surface area contributed by atoms with Crippen LogP contribution in [0.3, 0.4) is 0 Å². The van der Waals surface area contributed by atoms with Crippen molar-refractivity contribution in [2.75, 3.05) is 6.54 Å².